The van der Waals surface area contributed by atoms with Crippen LogP contribution in [0.2, 0.25) is 0 Å². The number of hydrogen-bond donors (Lipinski definition) is 1. The van der Waals surface area contributed by atoms with Crippen molar-refractivity contribution in [2.24, 2.45) is 11.7 Å². The molecule has 0 aliphatic rings. The third-order valence-corrected chi connectivity index (χ3v) is 3.75. The lowest BCUT2D eigenvalue weighted by Gasteiger charge is -2.16. The monoisotopic (exact) mass is 245 g/mol. The molecule has 0 spiro atoms. The summed E-state index contributed by atoms with van der Waals surface area (Å²) in [5.41, 5.74) is 8.53. The number of para-hydroxylation sites is 1. The summed E-state index contributed by atoms with van der Waals surface area (Å²) in [6, 6.07) is 8.71. The molecule has 2 aromatic rings. The summed E-state index contributed by atoms with van der Waals surface area (Å²) in [6.45, 7) is 7.40. The van der Waals surface area contributed by atoms with Crippen LogP contribution >= 0.6 is 0 Å². The van der Waals surface area contributed by atoms with Crippen LogP contribution < -0.4 is 5.73 Å². The molecule has 0 bridgehead atoms. The molecule has 2 atom stereocenters. The number of benzene rings is 1. The molecule has 2 unspecified atom stereocenters. The molecular weight excluding hydrogens is 222 g/mol. The molecule has 0 saturated heterocycles. The van der Waals surface area contributed by atoms with E-state index in [2.05, 4.69) is 49.7 Å². The normalized spacial score (nSPS) is 14.9. The fourth-order valence-electron chi connectivity index (χ4n) is 2.45. The van der Waals surface area contributed by atoms with Gasteiger partial charge in [0, 0.05) is 18.0 Å². The molecule has 2 N–H and O–H groups in total. The standard InChI is InChI=1S/C15H23N3/c1-4-13(16)11(3)10-14-12-8-6-7-9-15(12)18(5-2)17-14/h6-9,11,13H,4-5,10,16H2,1-3H3. The molecule has 1 aromatic carbocycles. The average Bonchev–Trinajstić information content (AvgIpc) is 2.76. The van der Waals surface area contributed by atoms with E-state index in [4.69, 9.17) is 10.8 Å². The Labute approximate surface area is 109 Å². The predicted molar refractivity (Wildman–Crippen MR) is 76.5 cm³/mol. The smallest absolute Gasteiger partial charge is 0.0706 e. The highest BCUT2D eigenvalue weighted by atomic mass is 15.3. The maximum Gasteiger partial charge on any atom is 0.0706 e. The van der Waals surface area contributed by atoms with Crippen LogP contribution in [-0.4, -0.2) is 15.8 Å². The fraction of sp³-hybridized carbons (Fsp3) is 0.533. The largest absolute Gasteiger partial charge is 0.327 e. The van der Waals surface area contributed by atoms with Gasteiger partial charge in [0.25, 0.3) is 0 Å². The second-order valence-electron chi connectivity index (χ2n) is 5.03. The Morgan fingerprint density at radius 1 is 1.28 bits per heavy atom. The molecular formula is C15H23N3. The van der Waals surface area contributed by atoms with Gasteiger partial charge < -0.3 is 5.73 Å². The molecule has 0 fully saturated rings. The molecule has 0 aliphatic heterocycles. The number of nitrogens with zero attached hydrogens (tertiary/aromatic N) is 2. The van der Waals surface area contributed by atoms with E-state index in [0.29, 0.717) is 5.92 Å². The first-order valence-electron chi connectivity index (χ1n) is 6.87. The predicted octanol–water partition coefficient (Wildman–Crippen LogP) is 2.97. The first-order chi connectivity index (χ1) is 8.67. The Bertz CT molecular complexity index is 515. The number of hydrogen-bond acceptors (Lipinski definition) is 2. The Morgan fingerprint density at radius 3 is 2.67 bits per heavy atom. The van der Waals surface area contributed by atoms with E-state index < -0.39 is 0 Å². The van der Waals surface area contributed by atoms with Crippen molar-refractivity contribution in [2.75, 3.05) is 0 Å². The summed E-state index contributed by atoms with van der Waals surface area (Å²) in [5, 5.41) is 6.00. The van der Waals surface area contributed by atoms with Gasteiger partial charge in [-0.15, -0.1) is 0 Å². The topological polar surface area (TPSA) is 43.8 Å². The SMILES string of the molecule is CCC(N)C(C)Cc1nn(CC)c2ccccc12. The van der Waals surface area contributed by atoms with Gasteiger partial charge in [0.2, 0.25) is 0 Å². The van der Waals surface area contributed by atoms with Crippen LogP contribution in [0.1, 0.15) is 32.9 Å². The number of rotatable bonds is 5. The number of nitrogens with two attached hydrogens (primary N) is 1. The van der Waals surface area contributed by atoms with Gasteiger partial charge in [-0.25, -0.2) is 0 Å². The Hall–Kier alpha value is -1.35. The van der Waals surface area contributed by atoms with E-state index in [1.807, 2.05) is 0 Å². The molecule has 1 heterocycles. The van der Waals surface area contributed by atoms with Gasteiger partial charge in [-0.05, 0) is 31.7 Å². The highest BCUT2D eigenvalue weighted by Gasteiger charge is 2.16. The minimum atomic E-state index is 0.260. The van der Waals surface area contributed by atoms with E-state index >= 15 is 0 Å². The van der Waals surface area contributed by atoms with Crippen LogP contribution in [0.4, 0.5) is 0 Å². The fourth-order valence-corrected chi connectivity index (χ4v) is 2.45. The zero-order valence-electron chi connectivity index (χ0n) is 11.6. The third kappa shape index (κ3) is 2.41. The number of aryl methyl sites for hydroxylation is 1. The van der Waals surface area contributed by atoms with Crippen molar-refractivity contribution >= 4 is 10.9 Å². The van der Waals surface area contributed by atoms with Gasteiger partial charge in [-0.1, -0.05) is 32.0 Å². The first-order valence-corrected chi connectivity index (χ1v) is 6.87. The van der Waals surface area contributed by atoms with Crippen molar-refractivity contribution in [3.8, 4) is 0 Å². The van der Waals surface area contributed by atoms with Crippen LogP contribution in [0.15, 0.2) is 24.3 Å². The van der Waals surface area contributed by atoms with Gasteiger partial charge >= 0.3 is 0 Å². The Morgan fingerprint density at radius 2 is 2.00 bits per heavy atom. The van der Waals surface area contributed by atoms with E-state index in [-0.39, 0.29) is 6.04 Å². The van der Waals surface area contributed by atoms with Crippen molar-refractivity contribution < 1.29 is 0 Å². The molecule has 18 heavy (non-hydrogen) atoms. The lowest BCUT2D eigenvalue weighted by atomic mass is 9.94. The van der Waals surface area contributed by atoms with Crippen LogP contribution in [0.25, 0.3) is 10.9 Å². The summed E-state index contributed by atoms with van der Waals surface area (Å²) in [6.07, 6.45) is 1.98. The van der Waals surface area contributed by atoms with Crippen LogP contribution in [0.5, 0.6) is 0 Å². The minimum absolute atomic E-state index is 0.260. The van der Waals surface area contributed by atoms with Crippen molar-refractivity contribution in [2.45, 2.75) is 46.2 Å². The van der Waals surface area contributed by atoms with Crippen LogP contribution in [0, 0.1) is 5.92 Å². The lowest BCUT2D eigenvalue weighted by molar-refractivity contribution is 0.437. The molecule has 0 amide bonds. The maximum absolute atomic E-state index is 6.11. The first kappa shape index (κ1) is 13.1. The highest BCUT2D eigenvalue weighted by Crippen LogP contribution is 2.22. The summed E-state index contributed by atoms with van der Waals surface area (Å²) in [5.74, 6) is 0.471. The van der Waals surface area contributed by atoms with Gasteiger partial charge in [0.05, 0.1) is 11.2 Å². The number of aromatic nitrogens is 2. The molecule has 0 radical (unpaired) electrons. The zero-order valence-corrected chi connectivity index (χ0v) is 11.6. The molecule has 98 valence electrons. The molecule has 3 heteroatoms. The average molecular weight is 245 g/mol. The molecule has 3 nitrogen and oxygen atoms in total. The van der Waals surface area contributed by atoms with Gasteiger partial charge in [-0.2, -0.15) is 5.10 Å². The Balaban J connectivity index is 2.33. The van der Waals surface area contributed by atoms with E-state index in [0.717, 1.165) is 19.4 Å². The van der Waals surface area contributed by atoms with Crippen molar-refractivity contribution in [3.63, 3.8) is 0 Å². The summed E-state index contributed by atoms with van der Waals surface area (Å²) < 4.78 is 2.08. The summed E-state index contributed by atoms with van der Waals surface area (Å²) in [7, 11) is 0. The quantitative estimate of drug-likeness (QED) is 0.880. The molecule has 0 saturated carbocycles. The van der Waals surface area contributed by atoms with Gasteiger partial charge in [0.15, 0.2) is 0 Å². The van der Waals surface area contributed by atoms with E-state index in [1.165, 1.54) is 16.6 Å². The van der Waals surface area contributed by atoms with Gasteiger partial charge in [-0.3, -0.25) is 4.68 Å². The Kier molecular flexibility index (Phi) is 4.02. The van der Waals surface area contributed by atoms with Gasteiger partial charge in [0.1, 0.15) is 0 Å². The summed E-state index contributed by atoms with van der Waals surface area (Å²) in [4.78, 5) is 0. The second-order valence-corrected chi connectivity index (χ2v) is 5.03. The third-order valence-electron chi connectivity index (χ3n) is 3.75. The summed E-state index contributed by atoms with van der Waals surface area (Å²) >= 11 is 0. The second kappa shape index (κ2) is 5.53. The molecule has 0 aliphatic carbocycles. The van der Waals surface area contributed by atoms with Crippen molar-refractivity contribution in [1.29, 1.82) is 0 Å². The lowest BCUT2D eigenvalue weighted by Crippen LogP contribution is -2.28. The number of fused-ring (bicyclic) bond motifs is 1. The van der Waals surface area contributed by atoms with E-state index in [1.54, 1.807) is 0 Å². The van der Waals surface area contributed by atoms with Crippen molar-refractivity contribution in [3.05, 3.63) is 30.0 Å². The van der Waals surface area contributed by atoms with E-state index in [9.17, 15) is 0 Å². The van der Waals surface area contributed by atoms with Crippen LogP contribution in [0.3, 0.4) is 0 Å². The molecule has 1 aromatic heterocycles. The highest BCUT2D eigenvalue weighted by molar-refractivity contribution is 5.81. The molecule has 2 rings (SSSR count). The van der Waals surface area contributed by atoms with Crippen LogP contribution in [-0.2, 0) is 13.0 Å². The minimum Gasteiger partial charge on any atom is -0.327 e. The zero-order chi connectivity index (χ0) is 13.1. The maximum atomic E-state index is 6.11. The van der Waals surface area contributed by atoms with Crippen molar-refractivity contribution in [1.82, 2.24) is 9.78 Å².